The number of rotatable bonds is 35. The van der Waals surface area contributed by atoms with E-state index in [-0.39, 0.29) is 185 Å². The number of carbonyl (C=O) groups excluding carboxylic acids is 8. The van der Waals surface area contributed by atoms with Crippen molar-refractivity contribution in [1.29, 1.82) is 0 Å². The first kappa shape index (κ1) is 106. The molecule has 0 aliphatic carbocycles. The Morgan fingerprint density at radius 3 is 0.801 bits per heavy atom. The summed E-state index contributed by atoms with van der Waals surface area (Å²) in [7, 11) is -16.4. The lowest BCUT2D eigenvalue weighted by atomic mass is 9.98. The van der Waals surface area contributed by atoms with Gasteiger partial charge in [-0.3, -0.25) is 40.0 Å². The zero-order chi connectivity index (χ0) is 101. The van der Waals surface area contributed by atoms with Crippen molar-refractivity contribution in [2.75, 3.05) is 119 Å². The predicted octanol–water partition coefficient (Wildman–Crippen LogP) is 10.3. The maximum Gasteiger partial charge on any atom is 0.410 e. The van der Waals surface area contributed by atoms with Gasteiger partial charge in [0.15, 0.2) is 58.3 Å². The van der Waals surface area contributed by atoms with Gasteiger partial charge in [0.1, 0.15) is 54.0 Å². The number of nitrogens with one attached hydrogen (secondary N) is 4. The maximum absolute atomic E-state index is 13.3. The van der Waals surface area contributed by atoms with Crippen LogP contribution in [0.2, 0.25) is 0 Å². The first-order chi connectivity index (χ1) is 67.8. The second-order valence-corrected chi connectivity index (χ2v) is 43.3. The van der Waals surface area contributed by atoms with E-state index < -0.39 is 88.1 Å². The Morgan fingerprint density at radius 2 is 0.546 bits per heavy atom. The fourth-order valence-corrected chi connectivity index (χ4v) is 25.6. The highest BCUT2D eigenvalue weighted by Gasteiger charge is 2.57. The average Bonchev–Trinajstić information content (AvgIpc) is 1.18. The number of amides is 8. The summed E-state index contributed by atoms with van der Waals surface area (Å²) in [6, 6.07) is 61.2. The van der Waals surface area contributed by atoms with Crippen molar-refractivity contribution < 1.29 is 150 Å². The van der Waals surface area contributed by atoms with Crippen LogP contribution in [0, 0.1) is 0 Å². The molecule has 758 valence electrons. The van der Waals surface area contributed by atoms with Gasteiger partial charge in [-0.1, -0.05) is 121 Å². The fourth-order valence-electron chi connectivity index (χ4n) is 17.9. The third kappa shape index (κ3) is 23.8. The highest BCUT2D eigenvalue weighted by molar-refractivity contribution is 7.94. The zero-order valence-electron chi connectivity index (χ0n) is 77.4. The number of hydrogen-bond donors (Lipinski definition) is 8. The van der Waals surface area contributed by atoms with Gasteiger partial charge in [-0.2, -0.15) is 0 Å². The highest BCUT2D eigenvalue weighted by atomic mass is 32.2. The average molecular weight is 2030 g/mol. The van der Waals surface area contributed by atoms with Gasteiger partial charge in [0.25, 0.3) is 23.6 Å². The molecule has 8 aliphatic rings. The summed E-state index contributed by atoms with van der Waals surface area (Å²) in [4.78, 5) is 105. The molecule has 8 amide bonds. The molecule has 8 saturated heterocycles. The molecule has 2 unspecified atom stereocenters. The number of benzene rings is 8. The summed E-state index contributed by atoms with van der Waals surface area (Å²) in [6.45, 7) is 8.41. The van der Waals surface area contributed by atoms with Gasteiger partial charge >= 0.3 is 24.4 Å². The highest BCUT2D eigenvalue weighted by Crippen LogP contribution is 2.43. The topological polar surface area (TPSA) is 526 Å². The molecule has 0 bridgehead atoms. The van der Waals surface area contributed by atoms with E-state index in [0.29, 0.717) is 101 Å². The molecule has 8 aromatic rings. The summed E-state index contributed by atoms with van der Waals surface area (Å²) < 4.78 is 165. The Bertz CT molecular complexity index is 5860. The predicted molar refractivity (Wildman–Crippen MR) is 499 cm³/mol. The summed E-state index contributed by atoms with van der Waals surface area (Å²) in [5.41, 5.74) is 9.78. The summed E-state index contributed by atoms with van der Waals surface area (Å²) in [6.07, 6.45) is -1.50. The standard InChI is InChI=1S/2C25H30N2O8S.C24H28N2O8S.C23H26N2O8S/c2*1-18-22(19-6-3-2-4-7-19)35-24(29)27(18)14-5-15-34-20-8-10-21(11-9-20)36(31,32)25(23(28)26-30)12-16-33-17-13-25;27-22(25-29)24(11-15-32-16-12-24)35(30,31)20-9-7-19(8-10-20)33-14-4-13-26-17-21(34-23(26)28)18-5-2-1-3-6-18;26-21(24-28)23(10-13-31-14-11-23)34(29,30)19-8-6-18(7-9-19)32-15-12-25-16-20(33-22(25)27)17-4-2-1-3-5-17/h2*2-4,6-11,18,22,30H,5,12-17H2,1H3,(H,26,28);1-3,5-10,21,29H,4,11-17H2,(H,25,27);1-9,20,28H,10-16H2,(H,24,26)/t2*18-,22-;;/m10../s1. The van der Waals surface area contributed by atoms with E-state index in [0.717, 1.165) is 22.3 Å². The second-order valence-electron chi connectivity index (χ2n) is 34.3. The molecular weight excluding hydrogens is 1920 g/mol. The first-order valence-corrected chi connectivity index (χ1v) is 51.8. The molecule has 0 saturated carbocycles. The Kier molecular flexibility index (Phi) is 35.8. The van der Waals surface area contributed by atoms with Gasteiger partial charge in [-0.15, -0.1) is 0 Å². The van der Waals surface area contributed by atoms with Crippen molar-refractivity contribution in [3.05, 3.63) is 241 Å². The number of hydrogen-bond acceptors (Lipinski definition) is 32. The first-order valence-electron chi connectivity index (χ1n) is 45.9. The molecule has 0 aromatic heterocycles. The zero-order valence-corrected chi connectivity index (χ0v) is 80.7. The van der Waals surface area contributed by atoms with Crippen molar-refractivity contribution in [1.82, 2.24) is 41.5 Å². The van der Waals surface area contributed by atoms with Gasteiger partial charge in [0.2, 0.25) is 0 Å². The fraction of sp³-hybridized carbons (Fsp3) is 0.423. The van der Waals surface area contributed by atoms with Crippen molar-refractivity contribution in [3.63, 3.8) is 0 Å². The lowest BCUT2D eigenvalue weighted by molar-refractivity contribution is -0.135. The van der Waals surface area contributed by atoms with E-state index in [1.165, 1.54) is 119 Å². The van der Waals surface area contributed by atoms with E-state index >= 15 is 0 Å². The van der Waals surface area contributed by atoms with Crippen LogP contribution in [0.5, 0.6) is 23.0 Å². The smallest absolute Gasteiger partial charge is 0.410 e. The van der Waals surface area contributed by atoms with E-state index in [1.807, 2.05) is 135 Å². The molecule has 6 atom stereocenters. The molecule has 8 fully saturated rings. The van der Waals surface area contributed by atoms with Gasteiger partial charge < -0.3 is 76.4 Å². The van der Waals surface area contributed by atoms with Crippen LogP contribution >= 0.6 is 0 Å². The number of carbonyl (C=O) groups is 8. The van der Waals surface area contributed by atoms with Crippen LogP contribution in [0.1, 0.15) is 131 Å². The monoisotopic (exact) mass is 2030 g/mol. The van der Waals surface area contributed by atoms with Crippen LogP contribution in [0.4, 0.5) is 19.2 Å². The molecule has 44 heteroatoms. The quantitative estimate of drug-likeness (QED) is 0.00792. The van der Waals surface area contributed by atoms with Gasteiger partial charge in [0, 0.05) is 72.5 Å². The Hall–Kier alpha value is -12.6. The molecule has 8 heterocycles. The molecule has 0 spiro atoms. The van der Waals surface area contributed by atoms with Crippen LogP contribution in [0.3, 0.4) is 0 Å². The Labute approximate surface area is 815 Å². The lowest BCUT2D eigenvalue weighted by Crippen LogP contribution is -2.54. The molecule has 8 aliphatic heterocycles. The van der Waals surface area contributed by atoms with Crippen molar-refractivity contribution in [3.8, 4) is 23.0 Å². The van der Waals surface area contributed by atoms with Crippen molar-refractivity contribution in [2.45, 2.75) is 160 Å². The van der Waals surface area contributed by atoms with Crippen LogP contribution in [0.15, 0.2) is 238 Å². The number of sulfone groups is 4. The number of nitrogens with zero attached hydrogens (tertiary/aromatic N) is 4. The molecular formula is C97H114N8O32S4. The van der Waals surface area contributed by atoms with Gasteiger partial charge in [-0.05, 0) is 204 Å². The summed E-state index contributed by atoms with van der Waals surface area (Å²) >= 11 is 0. The lowest BCUT2D eigenvalue weighted by Gasteiger charge is -2.34. The van der Waals surface area contributed by atoms with E-state index in [2.05, 4.69) is 0 Å². The van der Waals surface area contributed by atoms with Gasteiger partial charge in [-0.25, -0.2) is 74.8 Å². The van der Waals surface area contributed by atoms with Crippen LogP contribution in [-0.2, 0) is 96.4 Å². The Balaban J connectivity index is 0.000000158. The summed E-state index contributed by atoms with van der Waals surface area (Å²) in [5, 5.41) is 36.6. The molecule has 40 nitrogen and oxygen atoms in total. The largest absolute Gasteiger partial charge is 0.494 e. The molecule has 141 heavy (non-hydrogen) atoms. The Morgan fingerprint density at radius 1 is 0.312 bits per heavy atom. The molecule has 8 aromatic carbocycles. The molecule has 16 rings (SSSR count). The van der Waals surface area contributed by atoms with Gasteiger partial charge in [0.05, 0.1) is 71.1 Å². The molecule has 0 radical (unpaired) electrons. The SMILES string of the molecule is C[C@@H]1[C@H](c2ccccc2)OC(=O)N1CCCOc1ccc(S(=O)(=O)C2(C(=O)NO)CCOCC2)cc1.C[C@H]1[C@@H](c2ccccc2)OC(=O)N1CCCOc1ccc(S(=O)(=O)C2(C(=O)NO)CCOCC2)cc1.O=C1OC(c2ccccc2)CN1CCCOc1ccc(S(=O)(=O)C2(C(=O)NO)CCOCC2)cc1.O=C1OC(c2ccccc2)CN1CCOc1ccc(S(=O)(=O)C2(C(=O)NO)CCOCC2)cc1. The second kappa shape index (κ2) is 47.8. The number of cyclic esters (lactones) is 4. The molecule has 8 N–H and O–H groups in total. The summed E-state index contributed by atoms with van der Waals surface area (Å²) in [5.74, 6) is -2.06. The van der Waals surface area contributed by atoms with Crippen LogP contribution < -0.4 is 40.9 Å². The minimum atomic E-state index is -4.10. The van der Waals surface area contributed by atoms with Crippen LogP contribution in [-0.4, -0.2) is 272 Å². The maximum atomic E-state index is 13.3. The van der Waals surface area contributed by atoms with E-state index in [1.54, 1.807) is 19.6 Å². The van der Waals surface area contributed by atoms with E-state index in [9.17, 15) is 72.0 Å². The van der Waals surface area contributed by atoms with E-state index in [4.69, 9.17) is 77.7 Å². The van der Waals surface area contributed by atoms with Crippen molar-refractivity contribution >= 4 is 87.4 Å². The van der Waals surface area contributed by atoms with Crippen molar-refractivity contribution in [2.24, 2.45) is 0 Å². The third-order valence-corrected chi connectivity index (χ3v) is 36.2. The number of hydroxylamine groups is 4. The minimum Gasteiger partial charge on any atom is -0.494 e. The number of ether oxygens (including phenoxy) is 12. The normalized spacial score (nSPS) is 20.8. The minimum absolute atomic E-state index is 0.0397. The van der Waals surface area contributed by atoms with Crippen LogP contribution in [0.25, 0.3) is 0 Å². The third-order valence-electron chi connectivity index (χ3n) is 26.1.